The first kappa shape index (κ1) is 14.3. The van der Waals surface area contributed by atoms with Gasteiger partial charge in [-0.2, -0.15) is 11.8 Å². The maximum Gasteiger partial charge on any atom is 0.303 e. The Balaban J connectivity index is 3.22. The first-order chi connectivity index (χ1) is 7.16. The number of carboxylic acids is 1. The minimum atomic E-state index is -0.818. The van der Waals surface area contributed by atoms with E-state index in [1.165, 1.54) is 0 Å². The highest BCUT2D eigenvalue weighted by Crippen LogP contribution is 2.03. The molecular formula is C10H19NO3S. The van der Waals surface area contributed by atoms with Crippen molar-refractivity contribution < 1.29 is 14.7 Å². The lowest BCUT2D eigenvalue weighted by Gasteiger charge is -2.03. The normalized spacial score (nSPS) is 9.93. The van der Waals surface area contributed by atoms with Crippen molar-refractivity contribution in [2.45, 2.75) is 32.6 Å². The van der Waals surface area contributed by atoms with Crippen molar-refractivity contribution in [3.05, 3.63) is 0 Å². The Kier molecular flexibility index (Phi) is 9.36. The number of thioether (sulfide) groups is 1. The molecule has 0 aromatic heterocycles. The lowest BCUT2D eigenvalue weighted by Crippen LogP contribution is -2.26. The Morgan fingerprint density at radius 1 is 1.33 bits per heavy atom. The molecule has 0 saturated heterocycles. The number of carboxylic acid groups (broad SMARTS) is 1. The van der Waals surface area contributed by atoms with Gasteiger partial charge in [0.25, 0.3) is 0 Å². The summed E-state index contributed by atoms with van der Waals surface area (Å²) in [4.78, 5) is 21.3. The number of nitrogens with one attached hydrogen (secondary N) is 1. The van der Waals surface area contributed by atoms with Crippen molar-refractivity contribution in [1.82, 2.24) is 5.32 Å². The molecule has 5 heteroatoms. The van der Waals surface area contributed by atoms with E-state index in [4.69, 9.17) is 5.11 Å². The first-order valence-corrected chi connectivity index (χ1v) is 6.38. The third-order valence-electron chi connectivity index (χ3n) is 1.76. The molecule has 1 amide bonds. The third-order valence-corrected chi connectivity index (χ3v) is 2.81. The number of hydrogen-bond acceptors (Lipinski definition) is 3. The van der Waals surface area contributed by atoms with Crippen LogP contribution in [0.15, 0.2) is 0 Å². The minimum Gasteiger partial charge on any atom is -0.481 e. The van der Waals surface area contributed by atoms with Gasteiger partial charge in [-0.1, -0.05) is 13.3 Å². The summed E-state index contributed by atoms with van der Waals surface area (Å²) in [5.41, 5.74) is 0. The molecule has 0 unspecified atom stereocenters. The summed E-state index contributed by atoms with van der Waals surface area (Å²) >= 11 is 1.62. The number of aliphatic carboxylic acids is 1. The summed E-state index contributed by atoms with van der Waals surface area (Å²) in [7, 11) is 0. The molecule has 0 saturated carbocycles. The number of carbonyl (C=O) groups excluding carboxylic acids is 1. The van der Waals surface area contributed by atoms with Gasteiger partial charge in [0.15, 0.2) is 0 Å². The number of amides is 1. The van der Waals surface area contributed by atoms with Crippen LogP contribution in [0.4, 0.5) is 0 Å². The van der Waals surface area contributed by atoms with Crippen LogP contribution in [0.3, 0.4) is 0 Å². The molecule has 0 fully saturated rings. The topological polar surface area (TPSA) is 66.4 Å². The summed E-state index contributed by atoms with van der Waals surface area (Å²) in [6, 6.07) is 0. The molecule has 0 aromatic rings. The summed E-state index contributed by atoms with van der Waals surface area (Å²) in [5, 5.41) is 11.1. The quantitative estimate of drug-likeness (QED) is 0.592. The molecule has 0 spiro atoms. The highest BCUT2D eigenvalue weighted by atomic mass is 32.2. The van der Waals surface area contributed by atoms with Crippen LogP contribution in [0.5, 0.6) is 0 Å². The zero-order valence-corrected chi connectivity index (χ0v) is 9.94. The summed E-state index contributed by atoms with van der Waals surface area (Å²) in [5.74, 6) is 0.676. The van der Waals surface area contributed by atoms with Gasteiger partial charge in [0.2, 0.25) is 5.91 Å². The summed E-state index contributed by atoms with van der Waals surface area (Å²) in [6.45, 7) is 2.58. The molecule has 88 valence electrons. The van der Waals surface area contributed by atoms with Crippen LogP contribution in [-0.2, 0) is 9.59 Å². The van der Waals surface area contributed by atoms with Crippen molar-refractivity contribution in [3.63, 3.8) is 0 Å². The van der Waals surface area contributed by atoms with Gasteiger partial charge in [0, 0.05) is 13.0 Å². The molecule has 0 aliphatic heterocycles. The average molecular weight is 233 g/mol. The van der Waals surface area contributed by atoms with E-state index in [0.717, 1.165) is 18.6 Å². The molecule has 0 aliphatic rings. The van der Waals surface area contributed by atoms with Crippen molar-refractivity contribution in [1.29, 1.82) is 0 Å². The molecule has 0 atom stereocenters. The van der Waals surface area contributed by atoms with Crippen LogP contribution in [0.2, 0.25) is 0 Å². The van der Waals surface area contributed by atoms with Gasteiger partial charge >= 0.3 is 5.97 Å². The third kappa shape index (κ3) is 11.2. The molecule has 0 aromatic carbocycles. The maximum atomic E-state index is 11.2. The van der Waals surface area contributed by atoms with E-state index in [1.807, 2.05) is 0 Å². The molecule has 15 heavy (non-hydrogen) atoms. The maximum absolute atomic E-state index is 11.2. The van der Waals surface area contributed by atoms with Gasteiger partial charge in [-0.25, -0.2) is 0 Å². The van der Waals surface area contributed by atoms with Gasteiger partial charge in [-0.3, -0.25) is 9.59 Å². The van der Waals surface area contributed by atoms with E-state index >= 15 is 0 Å². The Morgan fingerprint density at radius 2 is 2.07 bits per heavy atom. The van der Waals surface area contributed by atoms with Gasteiger partial charge in [-0.05, 0) is 18.6 Å². The van der Waals surface area contributed by atoms with E-state index in [-0.39, 0.29) is 12.3 Å². The first-order valence-electron chi connectivity index (χ1n) is 5.23. The molecule has 0 heterocycles. The number of hydrogen-bond donors (Lipinski definition) is 2. The second-order valence-corrected chi connectivity index (χ2v) is 4.36. The smallest absolute Gasteiger partial charge is 0.303 e. The van der Waals surface area contributed by atoms with E-state index in [2.05, 4.69) is 12.2 Å². The minimum absolute atomic E-state index is 0.00138. The fraction of sp³-hybridized carbons (Fsp3) is 0.800. The monoisotopic (exact) mass is 233 g/mol. The highest BCUT2D eigenvalue weighted by molar-refractivity contribution is 7.99. The van der Waals surface area contributed by atoms with Crippen LogP contribution < -0.4 is 5.32 Å². The van der Waals surface area contributed by atoms with E-state index in [9.17, 15) is 9.59 Å². The summed E-state index contributed by atoms with van der Waals surface area (Å²) < 4.78 is 0. The standard InChI is InChI=1S/C10H19NO3S/c1-2-3-7-15-8-9(12)11-6-4-5-10(13)14/h2-8H2,1H3,(H,11,12)(H,13,14). The Hall–Kier alpha value is -0.710. The van der Waals surface area contributed by atoms with Gasteiger partial charge in [0.1, 0.15) is 0 Å². The summed E-state index contributed by atoms with van der Waals surface area (Å²) in [6.07, 6.45) is 2.90. The molecule has 0 rings (SSSR count). The molecular weight excluding hydrogens is 214 g/mol. The largest absolute Gasteiger partial charge is 0.481 e. The van der Waals surface area contributed by atoms with Crippen LogP contribution in [0, 0.1) is 0 Å². The SMILES string of the molecule is CCCCSCC(=O)NCCCC(=O)O. The lowest BCUT2D eigenvalue weighted by molar-refractivity contribution is -0.137. The fourth-order valence-corrected chi connectivity index (χ4v) is 1.85. The van der Waals surface area contributed by atoms with Crippen molar-refractivity contribution in [2.75, 3.05) is 18.1 Å². The molecule has 0 aliphatic carbocycles. The second-order valence-electron chi connectivity index (χ2n) is 3.25. The number of rotatable bonds is 9. The van der Waals surface area contributed by atoms with Crippen molar-refractivity contribution in [3.8, 4) is 0 Å². The Bertz CT molecular complexity index is 197. The van der Waals surface area contributed by atoms with Gasteiger partial charge in [-0.15, -0.1) is 0 Å². The van der Waals surface area contributed by atoms with Crippen LogP contribution >= 0.6 is 11.8 Å². The zero-order valence-electron chi connectivity index (χ0n) is 9.12. The fourth-order valence-electron chi connectivity index (χ4n) is 0.930. The molecule has 0 bridgehead atoms. The Morgan fingerprint density at radius 3 is 2.67 bits per heavy atom. The van der Waals surface area contributed by atoms with Crippen LogP contribution in [0.1, 0.15) is 32.6 Å². The Labute approximate surface area is 94.8 Å². The number of carbonyl (C=O) groups is 2. The second kappa shape index (κ2) is 9.83. The van der Waals surface area contributed by atoms with E-state index in [0.29, 0.717) is 18.7 Å². The van der Waals surface area contributed by atoms with Gasteiger partial charge in [0.05, 0.1) is 5.75 Å². The predicted molar refractivity (Wildman–Crippen MR) is 62.1 cm³/mol. The van der Waals surface area contributed by atoms with Crippen LogP contribution in [0.25, 0.3) is 0 Å². The predicted octanol–water partition coefficient (Wildman–Crippen LogP) is 1.50. The molecule has 4 nitrogen and oxygen atoms in total. The van der Waals surface area contributed by atoms with Gasteiger partial charge < -0.3 is 10.4 Å². The van der Waals surface area contributed by atoms with E-state index in [1.54, 1.807) is 11.8 Å². The van der Waals surface area contributed by atoms with Crippen LogP contribution in [-0.4, -0.2) is 35.0 Å². The zero-order chi connectivity index (χ0) is 11.5. The van der Waals surface area contributed by atoms with Crippen molar-refractivity contribution in [2.24, 2.45) is 0 Å². The lowest BCUT2D eigenvalue weighted by atomic mass is 10.3. The molecule has 0 radical (unpaired) electrons. The number of unbranched alkanes of at least 4 members (excludes halogenated alkanes) is 1. The average Bonchev–Trinajstić information content (AvgIpc) is 2.19. The van der Waals surface area contributed by atoms with Crippen molar-refractivity contribution >= 4 is 23.6 Å². The molecule has 2 N–H and O–H groups in total. The highest BCUT2D eigenvalue weighted by Gasteiger charge is 2.01. The van der Waals surface area contributed by atoms with E-state index < -0.39 is 5.97 Å².